The molecule has 62 heavy (non-hydrogen) atoms. The van der Waals surface area contributed by atoms with Crippen molar-refractivity contribution in [2.75, 3.05) is 0 Å². The highest BCUT2D eigenvalue weighted by Gasteiger charge is 2.20. The van der Waals surface area contributed by atoms with Gasteiger partial charge in [-0.3, -0.25) is 0 Å². The third kappa shape index (κ3) is 5.50. The number of hydrogen-bond donors (Lipinski definition) is 0. The topological polar surface area (TPSA) is 25.8 Å². The number of nitrogens with zero attached hydrogens (tertiary/aromatic N) is 2. The molecule has 2 aliphatic rings. The fraction of sp³-hybridized carbons (Fsp3) is 0.0667. The first-order valence-electron chi connectivity index (χ1n) is 21.9. The number of aryl methyl sites for hydroxylation is 2. The zero-order valence-corrected chi connectivity index (χ0v) is 34.2. The number of hydrogen-bond acceptors (Lipinski definition) is 2. The molecule has 0 N–H and O–H groups in total. The molecule has 2 aromatic heterocycles. The van der Waals surface area contributed by atoms with Gasteiger partial charge in [-0.2, -0.15) is 0 Å². The van der Waals surface area contributed by atoms with Gasteiger partial charge in [0.15, 0.2) is 0 Å². The molecule has 0 atom stereocenters. The monoisotopic (exact) mass is 788 g/mol. The van der Waals surface area contributed by atoms with Gasteiger partial charge in [-0.1, -0.05) is 194 Å². The molecule has 13 rings (SSSR count). The lowest BCUT2D eigenvalue weighted by Gasteiger charge is -2.18. The van der Waals surface area contributed by atoms with Crippen molar-refractivity contribution in [3.8, 4) is 44.5 Å². The Morgan fingerprint density at radius 3 is 1.06 bits per heavy atom. The Hall–Kier alpha value is -7.68. The highest BCUT2D eigenvalue weighted by Crippen LogP contribution is 2.43. The molecular weight excluding hydrogens is 749 g/mol. The summed E-state index contributed by atoms with van der Waals surface area (Å²) >= 11 is 0. The van der Waals surface area contributed by atoms with Crippen LogP contribution in [0.3, 0.4) is 0 Å². The van der Waals surface area contributed by atoms with Crippen LogP contribution >= 0.6 is 0 Å². The lowest BCUT2D eigenvalue weighted by atomic mass is 9.88. The van der Waals surface area contributed by atoms with Crippen molar-refractivity contribution in [3.63, 3.8) is 0 Å². The third-order valence-corrected chi connectivity index (χ3v) is 13.6. The van der Waals surface area contributed by atoms with Gasteiger partial charge in [0.2, 0.25) is 0 Å². The molecule has 9 aromatic carbocycles. The highest BCUT2D eigenvalue weighted by atomic mass is 14.7. The quantitative estimate of drug-likeness (QED) is 0.131. The molecule has 0 bridgehead atoms. The van der Waals surface area contributed by atoms with Crippen LogP contribution < -0.4 is 0 Å². The summed E-state index contributed by atoms with van der Waals surface area (Å²) in [5.74, 6) is 0. The Kier molecular flexibility index (Phi) is 7.90. The van der Waals surface area contributed by atoms with Crippen LogP contribution in [0, 0.1) is 0 Å². The number of benzene rings is 9. The molecule has 290 valence electrons. The van der Waals surface area contributed by atoms with Gasteiger partial charge in [0.1, 0.15) is 0 Å². The van der Waals surface area contributed by atoms with Crippen molar-refractivity contribution in [2.24, 2.45) is 0 Å². The zero-order chi connectivity index (χ0) is 40.7. The maximum Gasteiger partial charge on any atom is 0.0794 e. The van der Waals surface area contributed by atoms with E-state index in [0.717, 1.165) is 47.8 Å². The van der Waals surface area contributed by atoms with Crippen LogP contribution in [0.15, 0.2) is 182 Å². The molecular formula is C60H40N2. The van der Waals surface area contributed by atoms with Crippen LogP contribution in [0.2, 0.25) is 0 Å². The van der Waals surface area contributed by atoms with E-state index in [4.69, 9.17) is 9.97 Å². The molecule has 0 saturated carbocycles. The summed E-state index contributed by atoms with van der Waals surface area (Å²) in [5, 5.41) is 9.61. The molecule has 0 saturated heterocycles. The SMILES string of the molecule is C1=Cc2c(ccc3c(-c4ccc(-c5ccc(-c6ccc(-c7c8ccc9c(c8nc8c7ccc7ccccc78)C=CCC9)cc6)cc5)cc4)c4ccc5ccccc5c4nc23)CC1. The summed E-state index contributed by atoms with van der Waals surface area (Å²) in [6, 6.07) is 62.8. The van der Waals surface area contributed by atoms with Gasteiger partial charge in [0.05, 0.1) is 22.1 Å². The van der Waals surface area contributed by atoms with E-state index in [0.29, 0.717) is 0 Å². The normalized spacial score (nSPS) is 13.4. The van der Waals surface area contributed by atoms with Gasteiger partial charge in [-0.25, -0.2) is 9.97 Å². The second-order valence-corrected chi connectivity index (χ2v) is 17.0. The summed E-state index contributed by atoms with van der Waals surface area (Å²) in [6.45, 7) is 0. The minimum atomic E-state index is 1.06. The number of pyridine rings is 2. The largest absolute Gasteiger partial charge is 0.246 e. The maximum absolute atomic E-state index is 5.42. The minimum Gasteiger partial charge on any atom is -0.246 e. The molecule has 2 nitrogen and oxygen atoms in total. The standard InChI is InChI=1S/C60H40N2/c1-5-13-47-41(9-1)29-33-51-55(52-34-30-42-10-2-6-14-48(42)58(52)61-57(47)51)45-25-21-39(22-26-45)37-17-19-38(20-18-37)40-23-27-46(28-24-40)56-53-35-31-43-11-3-7-15-49(43)59(53)62-60-50-16-8-4-12-44(50)32-36-54(56)60/h1,3,5-9,11,13-36H,2,4,10,12H2. The molecule has 0 aliphatic heterocycles. The Morgan fingerprint density at radius 2 is 0.645 bits per heavy atom. The Bertz CT molecular complexity index is 3460. The number of rotatable bonds is 4. The lowest BCUT2D eigenvalue weighted by molar-refractivity contribution is 0.988. The van der Waals surface area contributed by atoms with Gasteiger partial charge >= 0.3 is 0 Å². The smallest absolute Gasteiger partial charge is 0.0794 e. The van der Waals surface area contributed by atoms with Crippen LogP contribution in [0.5, 0.6) is 0 Å². The molecule has 2 heterocycles. The summed E-state index contributed by atoms with van der Waals surface area (Å²) in [4.78, 5) is 10.8. The molecule has 11 aromatic rings. The molecule has 2 aliphatic carbocycles. The first-order valence-corrected chi connectivity index (χ1v) is 21.9. The van der Waals surface area contributed by atoms with Crippen molar-refractivity contribution in [1.82, 2.24) is 9.97 Å². The molecule has 0 radical (unpaired) electrons. The van der Waals surface area contributed by atoms with Gasteiger partial charge < -0.3 is 0 Å². The summed E-state index contributed by atoms with van der Waals surface area (Å²) < 4.78 is 0. The molecule has 0 fully saturated rings. The zero-order valence-electron chi connectivity index (χ0n) is 34.2. The van der Waals surface area contributed by atoms with E-state index in [1.807, 2.05) is 0 Å². The Labute approximate surface area is 360 Å². The van der Waals surface area contributed by atoms with Gasteiger partial charge in [0.25, 0.3) is 0 Å². The Balaban J connectivity index is 0.859. The summed E-state index contributed by atoms with van der Waals surface area (Å²) in [5.41, 5.74) is 19.3. The van der Waals surface area contributed by atoms with Gasteiger partial charge in [-0.05, 0) is 81.0 Å². The highest BCUT2D eigenvalue weighted by molar-refractivity contribution is 6.19. The van der Waals surface area contributed by atoms with Crippen molar-refractivity contribution in [1.29, 1.82) is 0 Å². The predicted octanol–water partition coefficient (Wildman–Crippen LogP) is 16.0. The molecule has 0 amide bonds. The van der Waals surface area contributed by atoms with Crippen LogP contribution in [-0.2, 0) is 12.8 Å². The molecule has 0 unspecified atom stereocenters. The average Bonchev–Trinajstić information content (AvgIpc) is 3.35. The fourth-order valence-electron chi connectivity index (χ4n) is 10.4. The Morgan fingerprint density at radius 1 is 0.290 bits per heavy atom. The summed E-state index contributed by atoms with van der Waals surface area (Å²) in [6.07, 6.45) is 13.4. The van der Waals surface area contributed by atoms with E-state index in [-0.39, 0.29) is 0 Å². The van der Waals surface area contributed by atoms with E-state index in [2.05, 4.69) is 194 Å². The lowest BCUT2D eigenvalue weighted by Crippen LogP contribution is -1.99. The number of aromatic nitrogens is 2. The predicted molar refractivity (Wildman–Crippen MR) is 264 cm³/mol. The third-order valence-electron chi connectivity index (χ3n) is 13.6. The second kappa shape index (κ2) is 13.9. The number of fused-ring (bicyclic) bond motifs is 12. The molecule has 0 spiro atoms. The van der Waals surface area contributed by atoms with Crippen molar-refractivity contribution >= 4 is 77.3 Å². The van der Waals surface area contributed by atoms with E-state index in [1.165, 1.54) is 110 Å². The van der Waals surface area contributed by atoms with Crippen LogP contribution in [0.1, 0.15) is 35.1 Å². The van der Waals surface area contributed by atoms with Crippen molar-refractivity contribution in [2.45, 2.75) is 25.7 Å². The summed E-state index contributed by atoms with van der Waals surface area (Å²) in [7, 11) is 0. The van der Waals surface area contributed by atoms with Crippen molar-refractivity contribution < 1.29 is 0 Å². The number of allylic oxidation sites excluding steroid dienone is 2. The minimum absolute atomic E-state index is 1.06. The first kappa shape index (κ1) is 35.1. The van der Waals surface area contributed by atoms with E-state index in [9.17, 15) is 0 Å². The molecule has 2 heteroatoms. The maximum atomic E-state index is 5.42. The van der Waals surface area contributed by atoms with Crippen LogP contribution in [-0.4, -0.2) is 9.97 Å². The second-order valence-electron chi connectivity index (χ2n) is 17.0. The van der Waals surface area contributed by atoms with E-state index >= 15 is 0 Å². The van der Waals surface area contributed by atoms with Crippen LogP contribution in [0.4, 0.5) is 0 Å². The van der Waals surface area contributed by atoms with Crippen molar-refractivity contribution in [3.05, 3.63) is 204 Å². The van der Waals surface area contributed by atoms with Gasteiger partial charge in [0, 0.05) is 54.6 Å². The van der Waals surface area contributed by atoms with Crippen LogP contribution in [0.25, 0.3) is 122 Å². The average molecular weight is 789 g/mol. The first-order chi connectivity index (χ1) is 30.7. The fourth-order valence-corrected chi connectivity index (χ4v) is 10.4. The van der Waals surface area contributed by atoms with Gasteiger partial charge in [-0.15, -0.1) is 0 Å². The van der Waals surface area contributed by atoms with E-state index < -0.39 is 0 Å². The van der Waals surface area contributed by atoms with E-state index in [1.54, 1.807) is 0 Å².